The number of aryl methyl sites for hydroxylation is 1. The molecule has 0 bridgehead atoms. The number of hydrogen-bond donors (Lipinski definition) is 3. The van der Waals surface area contributed by atoms with Crippen molar-refractivity contribution in [3.05, 3.63) is 53.6 Å². The molecule has 3 saturated heterocycles. The maximum Gasteiger partial charge on any atom is 0.251 e. The Morgan fingerprint density at radius 3 is 2.38 bits per heavy atom. The van der Waals surface area contributed by atoms with E-state index in [1.54, 1.807) is 12.1 Å². The van der Waals surface area contributed by atoms with Gasteiger partial charge in [-0.2, -0.15) is 0 Å². The van der Waals surface area contributed by atoms with E-state index in [1.165, 1.54) is 11.3 Å². The topological polar surface area (TPSA) is 114 Å². The zero-order valence-corrected chi connectivity index (χ0v) is 23.1. The van der Waals surface area contributed by atoms with Crippen molar-refractivity contribution in [1.82, 2.24) is 15.5 Å². The van der Waals surface area contributed by atoms with Crippen LogP contribution in [-0.2, 0) is 14.4 Å². The molecule has 0 aromatic heterocycles. The fourth-order valence-electron chi connectivity index (χ4n) is 5.70. The van der Waals surface area contributed by atoms with E-state index in [2.05, 4.69) is 50.9 Å². The van der Waals surface area contributed by atoms with Gasteiger partial charge < -0.3 is 30.7 Å². The van der Waals surface area contributed by atoms with E-state index in [4.69, 9.17) is 0 Å². The van der Waals surface area contributed by atoms with Crippen molar-refractivity contribution in [2.24, 2.45) is 0 Å². The molecule has 3 aliphatic heterocycles. The second kappa shape index (κ2) is 12.4. The summed E-state index contributed by atoms with van der Waals surface area (Å²) in [5.74, 6) is -0.455. The van der Waals surface area contributed by atoms with Gasteiger partial charge in [0.15, 0.2) is 0 Å². The predicted octanol–water partition coefficient (Wildman–Crippen LogP) is 2.28. The van der Waals surface area contributed by atoms with E-state index in [9.17, 15) is 19.2 Å². The first-order valence-corrected chi connectivity index (χ1v) is 14.2. The number of benzene rings is 2. The maximum atomic E-state index is 13.0. The molecule has 2 aromatic carbocycles. The van der Waals surface area contributed by atoms with Crippen LogP contribution in [0.15, 0.2) is 42.5 Å². The van der Waals surface area contributed by atoms with Crippen molar-refractivity contribution in [3.63, 3.8) is 0 Å². The van der Waals surface area contributed by atoms with Gasteiger partial charge in [-0.3, -0.25) is 19.2 Å². The lowest BCUT2D eigenvalue weighted by Crippen LogP contribution is -2.47. The van der Waals surface area contributed by atoms with Crippen LogP contribution in [0, 0.1) is 6.92 Å². The number of piperazine rings is 1. The SMILES string of the molecule is Cc1ccccc1N1CCN(c2ccc(C(=O)NCCCN3CCCC3=O)cc2NC(=O)C2CCC(=O)N2)CC1. The molecule has 3 fully saturated rings. The standard InChI is InChI=1S/C30H38N6O4/c1-21-6-2-3-7-25(21)34-16-18-35(19-17-34)26-11-9-22(20-24(26)33-30(40)23-10-12-27(37)32-23)29(39)31-13-5-15-36-14-4-8-28(36)38/h2-3,6-7,9,11,20,23H,4-5,8,10,12-19H2,1H3,(H,31,39)(H,32,37)(H,33,40). The number of anilines is 3. The van der Waals surface area contributed by atoms with Crippen molar-refractivity contribution in [2.45, 2.75) is 45.1 Å². The lowest BCUT2D eigenvalue weighted by atomic mass is 10.1. The van der Waals surface area contributed by atoms with Gasteiger partial charge in [-0.25, -0.2) is 0 Å². The molecular formula is C30H38N6O4. The largest absolute Gasteiger partial charge is 0.368 e. The summed E-state index contributed by atoms with van der Waals surface area (Å²) in [6.45, 7) is 7.19. The van der Waals surface area contributed by atoms with Crippen molar-refractivity contribution < 1.29 is 19.2 Å². The third-order valence-electron chi connectivity index (χ3n) is 7.97. The summed E-state index contributed by atoms with van der Waals surface area (Å²) >= 11 is 0. The summed E-state index contributed by atoms with van der Waals surface area (Å²) in [5, 5.41) is 8.66. The number of carbonyl (C=O) groups is 4. The lowest BCUT2D eigenvalue weighted by molar-refractivity contribution is -0.127. The average molecular weight is 547 g/mol. The molecule has 10 heteroatoms. The molecule has 0 aliphatic carbocycles. The first-order chi connectivity index (χ1) is 19.4. The summed E-state index contributed by atoms with van der Waals surface area (Å²) < 4.78 is 0. The molecular weight excluding hydrogens is 508 g/mol. The fraction of sp³-hybridized carbons (Fsp3) is 0.467. The Kier molecular flexibility index (Phi) is 8.52. The van der Waals surface area contributed by atoms with Gasteiger partial charge in [-0.1, -0.05) is 18.2 Å². The molecule has 4 amide bonds. The number of para-hydroxylation sites is 1. The molecule has 0 radical (unpaired) electrons. The summed E-state index contributed by atoms with van der Waals surface area (Å²) in [6.07, 6.45) is 2.98. The van der Waals surface area contributed by atoms with Crippen LogP contribution >= 0.6 is 0 Å². The average Bonchev–Trinajstić information content (AvgIpc) is 3.59. The molecule has 212 valence electrons. The fourth-order valence-corrected chi connectivity index (χ4v) is 5.70. The third-order valence-corrected chi connectivity index (χ3v) is 7.97. The van der Waals surface area contributed by atoms with Crippen LogP contribution in [0.5, 0.6) is 0 Å². The molecule has 40 heavy (non-hydrogen) atoms. The van der Waals surface area contributed by atoms with Crippen molar-refractivity contribution >= 4 is 40.7 Å². The minimum Gasteiger partial charge on any atom is -0.368 e. The lowest BCUT2D eigenvalue weighted by Gasteiger charge is -2.38. The van der Waals surface area contributed by atoms with Gasteiger partial charge in [0, 0.05) is 69.9 Å². The van der Waals surface area contributed by atoms with Crippen LogP contribution in [0.25, 0.3) is 0 Å². The number of rotatable bonds is 9. The van der Waals surface area contributed by atoms with Crippen molar-refractivity contribution in [1.29, 1.82) is 0 Å². The van der Waals surface area contributed by atoms with E-state index in [0.717, 1.165) is 44.8 Å². The molecule has 0 saturated carbocycles. The van der Waals surface area contributed by atoms with Gasteiger partial charge >= 0.3 is 0 Å². The molecule has 0 spiro atoms. The van der Waals surface area contributed by atoms with E-state index in [-0.39, 0.29) is 23.6 Å². The van der Waals surface area contributed by atoms with Gasteiger partial charge in [0.05, 0.1) is 11.4 Å². The molecule has 5 rings (SSSR count). The van der Waals surface area contributed by atoms with Crippen LogP contribution < -0.4 is 25.8 Å². The normalized spacial score (nSPS) is 19.1. The molecule has 2 aromatic rings. The maximum absolute atomic E-state index is 13.0. The number of hydrogen-bond acceptors (Lipinski definition) is 6. The zero-order chi connectivity index (χ0) is 28.1. The van der Waals surface area contributed by atoms with Crippen LogP contribution in [0.2, 0.25) is 0 Å². The molecule has 3 heterocycles. The Bertz CT molecular complexity index is 1270. The molecule has 1 unspecified atom stereocenters. The number of nitrogens with zero attached hydrogens (tertiary/aromatic N) is 3. The van der Waals surface area contributed by atoms with E-state index >= 15 is 0 Å². The van der Waals surface area contributed by atoms with Crippen molar-refractivity contribution in [2.75, 3.05) is 60.9 Å². The van der Waals surface area contributed by atoms with Crippen LogP contribution in [-0.4, -0.2) is 80.4 Å². The number of likely N-dealkylation sites (tertiary alicyclic amines) is 1. The first-order valence-electron chi connectivity index (χ1n) is 14.2. The predicted molar refractivity (Wildman–Crippen MR) is 155 cm³/mol. The van der Waals surface area contributed by atoms with E-state index in [1.807, 2.05) is 17.0 Å². The van der Waals surface area contributed by atoms with Gasteiger partial charge in [0.2, 0.25) is 17.7 Å². The van der Waals surface area contributed by atoms with Gasteiger partial charge in [0.25, 0.3) is 5.91 Å². The smallest absolute Gasteiger partial charge is 0.251 e. The Balaban J connectivity index is 1.26. The first kappa shape index (κ1) is 27.5. The minimum atomic E-state index is -0.580. The van der Waals surface area contributed by atoms with Gasteiger partial charge in [-0.05, 0) is 56.0 Å². The van der Waals surface area contributed by atoms with E-state index in [0.29, 0.717) is 50.0 Å². The minimum absolute atomic E-state index is 0.128. The summed E-state index contributed by atoms with van der Waals surface area (Å²) in [4.78, 5) is 55.9. The number of amides is 4. The highest BCUT2D eigenvalue weighted by Crippen LogP contribution is 2.30. The Morgan fingerprint density at radius 2 is 1.70 bits per heavy atom. The monoisotopic (exact) mass is 546 g/mol. The van der Waals surface area contributed by atoms with Crippen LogP contribution in [0.1, 0.15) is 48.0 Å². The third kappa shape index (κ3) is 6.38. The number of carbonyl (C=O) groups excluding carboxylic acids is 4. The second-order valence-corrected chi connectivity index (χ2v) is 10.7. The summed E-state index contributed by atoms with van der Waals surface area (Å²) in [5.41, 5.74) is 4.33. The van der Waals surface area contributed by atoms with Crippen LogP contribution in [0.3, 0.4) is 0 Å². The summed E-state index contributed by atoms with van der Waals surface area (Å²) in [6, 6.07) is 13.2. The number of nitrogens with one attached hydrogen (secondary N) is 3. The Labute approximate surface area is 235 Å². The summed E-state index contributed by atoms with van der Waals surface area (Å²) in [7, 11) is 0. The van der Waals surface area contributed by atoms with Gasteiger partial charge in [-0.15, -0.1) is 0 Å². The molecule has 1 atom stereocenters. The highest BCUT2D eigenvalue weighted by molar-refractivity contribution is 6.03. The molecule has 10 nitrogen and oxygen atoms in total. The Hall–Kier alpha value is -4.08. The Morgan fingerprint density at radius 1 is 0.950 bits per heavy atom. The second-order valence-electron chi connectivity index (χ2n) is 10.7. The highest BCUT2D eigenvalue weighted by Gasteiger charge is 2.29. The highest BCUT2D eigenvalue weighted by atomic mass is 16.2. The zero-order valence-electron chi connectivity index (χ0n) is 23.1. The molecule has 3 aliphatic rings. The van der Waals surface area contributed by atoms with Gasteiger partial charge in [0.1, 0.15) is 6.04 Å². The quantitative estimate of drug-likeness (QED) is 0.416. The molecule has 3 N–H and O–H groups in total. The van der Waals surface area contributed by atoms with Crippen molar-refractivity contribution in [3.8, 4) is 0 Å². The van der Waals surface area contributed by atoms with E-state index < -0.39 is 6.04 Å². The van der Waals surface area contributed by atoms with Crippen LogP contribution in [0.4, 0.5) is 17.1 Å².